The number of thiocarbonyl (C=S) groups is 1. The number of rotatable bonds is 6. The van der Waals surface area contributed by atoms with E-state index in [1.54, 1.807) is 6.08 Å². The van der Waals surface area contributed by atoms with Crippen molar-refractivity contribution in [1.82, 2.24) is 4.90 Å². The topological polar surface area (TPSA) is 57.6 Å². The number of amides is 1. The van der Waals surface area contributed by atoms with Crippen molar-refractivity contribution < 1.29 is 14.7 Å². The van der Waals surface area contributed by atoms with Gasteiger partial charge in [0, 0.05) is 0 Å². The summed E-state index contributed by atoms with van der Waals surface area (Å²) in [6, 6.07) is 8.87. The summed E-state index contributed by atoms with van der Waals surface area (Å²) in [5.41, 5.74) is 1.94. The monoisotopic (exact) mass is 375 g/mol. The molecule has 0 aliphatic carbocycles. The zero-order chi connectivity index (χ0) is 18.6. The van der Waals surface area contributed by atoms with Crippen LogP contribution in [0, 0.1) is 5.92 Å². The summed E-state index contributed by atoms with van der Waals surface area (Å²) in [6.45, 7) is 5.76. The molecule has 0 spiro atoms. The van der Waals surface area contributed by atoms with Crippen molar-refractivity contribution in [3.05, 3.63) is 52.4 Å². The van der Waals surface area contributed by atoms with Gasteiger partial charge in [0.05, 0.1) is 4.91 Å². The number of carboxylic acid groups (broad SMARTS) is 1. The fraction of sp³-hybridized carbons (Fsp3) is 0.316. The van der Waals surface area contributed by atoms with E-state index in [9.17, 15) is 14.7 Å². The number of carbonyl (C=O) groups is 2. The van der Waals surface area contributed by atoms with E-state index < -0.39 is 12.0 Å². The van der Waals surface area contributed by atoms with E-state index in [4.69, 9.17) is 12.2 Å². The number of aliphatic carboxylic acids is 1. The first kappa shape index (κ1) is 19.4. The van der Waals surface area contributed by atoms with Gasteiger partial charge in [0.1, 0.15) is 10.4 Å². The molecule has 2 rings (SSSR count). The van der Waals surface area contributed by atoms with Crippen molar-refractivity contribution in [2.45, 2.75) is 33.2 Å². The molecule has 0 bridgehead atoms. The molecule has 4 nitrogen and oxygen atoms in total. The Bertz CT molecular complexity index is 738. The number of nitrogens with zero attached hydrogens (tertiary/aromatic N) is 1. The SMILES string of the molecule is CC(/C=C1\SC(=S)N([C@@H](CC(C)C)C(=O)O)C1=O)=C\c1ccccc1. The molecule has 1 aromatic rings. The van der Waals surface area contributed by atoms with Crippen LogP contribution in [0.4, 0.5) is 0 Å². The van der Waals surface area contributed by atoms with E-state index in [2.05, 4.69) is 0 Å². The molecule has 1 aliphatic rings. The van der Waals surface area contributed by atoms with Gasteiger partial charge in [-0.3, -0.25) is 9.69 Å². The molecular formula is C19H21NO3S2. The molecule has 0 aromatic heterocycles. The fourth-order valence-corrected chi connectivity index (χ4v) is 3.98. The van der Waals surface area contributed by atoms with Crippen LogP contribution in [0.25, 0.3) is 6.08 Å². The lowest BCUT2D eigenvalue weighted by molar-refractivity contribution is -0.145. The molecule has 6 heteroatoms. The van der Waals surface area contributed by atoms with E-state index >= 15 is 0 Å². The second-order valence-electron chi connectivity index (χ2n) is 6.33. The second kappa shape index (κ2) is 8.45. The Morgan fingerprint density at radius 3 is 2.52 bits per heavy atom. The summed E-state index contributed by atoms with van der Waals surface area (Å²) in [5.74, 6) is -1.21. The highest BCUT2D eigenvalue weighted by molar-refractivity contribution is 8.26. The van der Waals surface area contributed by atoms with Gasteiger partial charge in [0.25, 0.3) is 5.91 Å². The quantitative estimate of drug-likeness (QED) is 0.592. The molecule has 0 unspecified atom stereocenters. The van der Waals surface area contributed by atoms with Crippen molar-refractivity contribution in [2.75, 3.05) is 0 Å². The average molecular weight is 376 g/mol. The summed E-state index contributed by atoms with van der Waals surface area (Å²) in [5, 5.41) is 9.49. The Labute approximate surface area is 157 Å². The van der Waals surface area contributed by atoms with Crippen LogP contribution in [0.3, 0.4) is 0 Å². The number of allylic oxidation sites excluding steroid dienone is 2. The third-order valence-electron chi connectivity index (χ3n) is 3.67. The summed E-state index contributed by atoms with van der Waals surface area (Å²) < 4.78 is 0.303. The van der Waals surface area contributed by atoms with Crippen LogP contribution in [-0.2, 0) is 9.59 Å². The molecule has 1 saturated heterocycles. The third-order valence-corrected chi connectivity index (χ3v) is 5.00. The molecule has 1 aromatic carbocycles. The second-order valence-corrected chi connectivity index (χ2v) is 8.01. The zero-order valence-corrected chi connectivity index (χ0v) is 16.1. The van der Waals surface area contributed by atoms with Crippen molar-refractivity contribution >= 4 is 46.3 Å². The molecule has 0 saturated carbocycles. The molecule has 1 atom stereocenters. The van der Waals surface area contributed by atoms with Crippen LogP contribution in [0.1, 0.15) is 32.8 Å². The van der Waals surface area contributed by atoms with E-state index in [1.165, 1.54) is 4.90 Å². The predicted octanol–water partition coefficient (Wildman–Crippen LogP) is 4.33. The smallest absolute Gasteiger partial charge is 0.326 e. The van der Waals surface area contributed by atoms with Crippen molar-refractivity contribution in [1.29, 1.82) is 0 Å². The van der Waals surface area contributed by atoms with Crippen LogP contribution in [0.5, 0.6) is 0 Å². The lowest BCUT2D eigenvalue weighted by atomic mass is 10.0. The Morgan fingerprint density at radius 1 is 1.32 bits per heavy atom. The summed E-state index contributed by atoms with van der Waals surface area (Å²) >= 11 is 6.43. The van der Waals surface area contributed by atoms with Crippen LogP contribution in [-0.4, -0.2) is 32.2 Å². The molecule has 1 N–H and O–H groups in total. The molecule has 25 heavy (non-hydrogen) atoms. The van der Waals surface area contributed by atoms with Crippen LogP contribution in [0.2, 0.25) is 0 Å². The third kappa shape index (κ3) is 5.03. The van der Waals surface area contributed by atoms with Gasteiger partial charge in [0.15, 0.2) is 0 Å². The van der Waals surface area contributed by atoms with Crippen molar-refractivity contribution in [3.8, 4) is 0 Å². The van der Waals surface area contributed by atoms with Gasteiger partial charge in [-0.05, 0) is 36.5 Å². The van der Waals surface area contributed by atoms with Gasteiger partial charge in [0.2, 0.25) is 0 Å². The van der Waals surface area contributed by atoms with E-state index in [1.807, 2.05) is 57.2 Å². The van der Waals surface area contributed by atoms with Gasteiger partial charge < -0.3 is 5.11 Å². The maximum Gasteiger partial charge on any atom is 0.326 e. The fourth-order valence-electron chi connectivity index (χ4n) is 2.57. The molecule has 1 heterocycles. The molecule has 1 fully saturated rings. The standard InChI is InChI=1S/C19H21NO3S2/c1-12(2)9-15(18(22)23)20-17(21)16(25-19(20)24)11-13(3)10-14-7-5-4-6-8-14/h4-8,10-12,15H,9H2,1-3H3,(H,22,23)/b13-10+,16-11-/t15-/m0/s1. The lowest BCUT2D eigenvalue weighted by Crippen LogP contribution is -2.44. The number of thioether (sulfide) groups is 1. The Hall–Kier alpha value is -1.92. The van der Waals surface area contributed by atoms with Gasteiger partial charge in [-0.15, -0.1) is 0 Å². The number of hydrogen-bond acceptors (Lipinski definition) is 4. The first-order valence-electron chi connectivity index (χ1n) is 8.02. The Morgan fingerprint density at radius 2 is 1.96 bits per heavy atom. The highest BCUT2D eigenvalue weighted by Crippen LogP contribution is 2.34. The van der Waals surface area contributed by atoms with Crippen molar-refractivity contribution in [3.63, 3.8) is 0 Å². The van der Waals surface area contributed by atoms with E-state index in [-0.39, 0.29) is 11.8 Å². The van der Waals surface area contributed by atoms with Crippen LogP contribution < -0.4 is 0 Å². The number of carbonyl (C=O) groups excluding carboxylic acids is 1. The number of benzene rings is 1. The van der Waals surface area contributed by atoms with E-state index in [0.29, 0.717) is 15.6 Å². The minimum absolute atomic E-state index is 0.148. The van der Waals surface area contributed by atoms with E-state index in [0.717, 1.165) is 22.9 Å². The maximum absolute atomic E-state index is 12.7. The molecule has 0 radical (unpaired) electrons. The summed E-state index contributed by atoms with van der Waals surface area (Å²) in [7, 11) is 0. The molecule has 1 amide bonds. The minimum Gasteiger partial charge on any atom is -0.480 e. The maximum atomic E-state index is 12.7. The summed E-state index contributed by atoms with van der Waals surface area (Å²) in [4.78, 5) is 26.0. The number of carboxylic acids is 1. The Balaban J connectivity index is 2.25. The van der Waals surface area contributed by atoms with Gasteiger partial charge in [-0.25, -0.2) is 4.79 Å². The molecule has 1 aliphatic heterocycles. The van der Waals surface area contributed by atoms with Crippen LogP contribution in [0.15, 0.2) is 46.9 Å². The first-order valence-corrected chi connectivity index (χ1v) is 9.25. The first-order chi connectivity index (χ1) is 11.8. The van der Waals surface area contributed by atoms with Gasteiger partial charge in [-0.1, -0.05) is 74.2 Å². The molecule has 132 valence electrons. The largest absolute Gasteiger partial charge is 0.480 e. The van der Waals surface area contributed by atoms with Gasteiger partial charge in [-0.2, -0.15) is 0 Å². The highest BCUT2D eigenvalue weighted by atomic mass is 32.2. The normalized spacial score (nSPS) is 18.3. The minimum atomic E-state index is -1.03. The lowest BCUT2D eigenvalue weighted by Gasteiger charge is -2.24. The van der Waals surface area contributed by atoms with Crippen molar-refractivity contribution in [2.24, 2.45) is 5.92 Å². The highest BCUT2D eigenvalue weighted by Gasteiger charge is 2.40. The zero-order valence-electron chi connectivity index (χ0n) is 14.4. The van der Waals surface area contributed by atoms with Gasteiger partial charge >= 0.3 is 5.97 Å². The molecular weight excluding hydrogens is 354 g/mol. The number of hydrogen-bond donors (Lipinski definition) is 1. The average Bonchev–Trinajstić information content (AvgIpc) is 2.79. The van der Waals surface area contributed by atoms with Crippen LogP contribution >= 0.6 is 24.0 Å². The Kier molecular flexibility index (Phi) is 6.56. The summed E-state index contributed by atoms with van der Waals surface area (Å²) in [6.07, 6.45) is 4.10. The predicted molar refractivity (Wildman–Crippen MR) is 106 cm³/mol.